The van der Waals surface area contributed by atoms with Crippen molar-refractivity contribution in [2.45, 2.75) is 0 Å². The maximum absolute atomic E-state index is 3.78. The van der Waals surface area contributed by atoms with Crippen molar-refractivity contribution in [3.05, 3.63) is 0 Å². The lowest BCUT2D eigenvalue weighted by molar-refractivity contribution is 1.44. The molecule has 0 aliphatic carbocycles. The minimum atomic E-state index is 0.736. The smallest absolute Gasteiger partial charge is 0.181 e. The molecule has 0 spiro atoms. The van der Waals surface area contributed by atoms with E-state index in [1.54, 1.807) is 7.05 Å². The predicted molar refractivity (Wildman–Crippen MR) is 36.4 cm³/mol. The summed E-state index contributed by atoms with van der Waals surface area (Å²) in [5.74, 6) is 0. The summed E-state index contributed by atoms with van der Waals surface area (Å²) in [6.45, 7) is 3.30. The second-order valence-electron chi connectivity index (χ2n) is 0.868. The summed E-state index contributed by atoms with van der Waals surface area (Å²) >= 11 is 1.49. The summed E-state index contributed by atoms with van der Waals surface area (Å²) in [5, 5.41) is 0.736. The predicted octanol–water partition coefficient (Wildman–Crippen LogP) is 1.04. The van der Waals surface area contributed by atoms with Gasteiger partial charge in [0, 0.05) is 7.05 Å². The van der Waals surface area contributed by atoms with Crippen LogP contribution in [0.5, 0.6) is 0 Å². The van der Waals surface area contributed by atoms with Gasteiger partial charge in [0.05, 0.1) is 0 Å². The summed E-state index contributed by atoms with van der Waals surface area (Å²) in [6.07, 6.45) is 1.91. The minimum absolute atomic E-state index is 0.736. The van der Waals surface area contributed by atoms with E-state index in [0.29, 0.717) is 0 Å². The van der Waals surface area contributed by atoms with Crippen LogP contribution in [0.25, 0.3) is 0 Å². The molecule has 0 aromatic rings. The molecule has 0 fully saturated rings. The molecule has 0 aromatic carbocycles. The first-order valence-corrected chi connectivity index (χ1v) is 3.05. The molecule has 7 heavy (non-hydrogen) atoms. The fourth-order valence-corrected chi connectivity index (χ4v) is 0.538. The van der Waals surface area contributed by atoms with Gasteiger partial charge in [-0.2, -0.15) is 0 Å². The van der Waals surface area contributed by atoms with E-state index in [2.05, 4.69) is 16.7 Å². The molecule has 0 radical (unpaired) electrons. The molecule has 0 saturated carbocycles. The van der Waals surface area contributed by atoms with Gasteiger partial charge in [-0.3, -0.25) is 4.99 Å². The topological polar surface area (TPSA) is 24.7 Å². The van der Waals surface area contributed by atoms with Gasteiger partial charge in [0.15, 0.2) is 5.17 Å². The molecule has 0 atom stereocenters. The van der Waals surface area contributed by atoms with Crippen LogP contribution in [0.4, 0.5) is 0 Å². The highest BCUT2D eigenvalue weighted by Crippen LogP contribution is 1.95. The Morgan fingerprint density at radius 2 is 2.29 bits per heavy atom. The van der Waals surface area contributed by atoms with Crippen LogP contribution in [-0.4, -0.2) is 25.2 Å². The molecule has 40 valence electrons. The van der Waals surface area contributed by atoms with Crippen molar-refractivity contribution in [1.29, 1.82) is 0 Å². The Morgan fingerprint density at radius 1 is 1.71 bits per heavy atom. The Balaban J connectivity index is 3.60. The summed E-state index contributed by atoms with van der Waals surface area (Å²) in [7, 11) is 1.69. The normalized spacial score (nSPS) is 11.4. The van der Waals surface area contributed by atoms with E-state index in [1.165, 1.54) is 11.8 Å². The van der Waals surface area contributed by atoms with E-state index in [1.807, 2.05) is 6.26 Å². The zero-order valence-electron chi connectivity index (χ0n) is 4.51. The fraction of sp³-hybridized carbons (Fsp3) is 0.500. The first-order chi connectivity index (χ1) is 3.35. The van der Waals surface area contributed by atoms with Gasteiger partial charge in [0.2, 0.25) is 0 Å². The van der Waals surface area contributed by atoms with Gasteiger partial charge in [0.1, 0.15) is 0 Å². The Kier molecular flexibility index (Phi) is 3.69. The van der Waals surface area contributed by atoms with Crippen molar-refractivity contribution in [2.75, 3.05) is 13.3 Å². The van der Waals surface area contributed by atoms with Gasteiger partial charge in [-0.1, -0.05) is 11.8 Å². The van der Waals surface area contributed by atoms with Crippen molar-refractivity contribution in [3.8, 4) is 0 Å². The van der Waals surface area contributed by atoms with Crippen molar-refractivity contribution in [1.82, 2.24) is 0 Å². The van der Waals surface area contributed by atoms with Crippen LogP contribution < -0.4 is 0 Å². The number of amidine groups is 1. The third-order valence-corrected chi connectivity index (χ3v) is 1.19. The Labute approximate surface area is 47.7 Å². The monoisotopic (exact) mass is 116 g/mol. The number of hydrogen-bond acceptors (Lipinski definition) is 2. The molecule has 3 heteroatoms. The summed E-state index contributed by atoms with van der Waals surface area (Å²) in [5.41, 5.74) is 0. The zero-order chi connectivity index (χ0) is 5.70. The Hall–Kier alpha value is -0.310. The number of aliphatic imine (C=N–C) groups is 2. The number of hydrogen-bond donors (Lipinski definition) is 0. The zero-order valence-corrected chi connectivity index (χ0v) is 5.33. The standard InChI is InChI=1S/C4H8N2S/c1-5-4(6-2)7-3/h1H2,2-3H3/b6-4+. The van der Waals surface area contributed by atoms with E-state index in [-0.39, 0.29) is 0 Å². The lowest BCUT2D eigenvalue weighted by Gasteiger charge is -1.85. The lowest BCUT2D eigenvalue weighted by Crippen LogP contribution is -1.80. The van der Waals surface area contributed by atoms with Crippen LogP contribution in [0.2, 0.25) is 0 Å². The highest BCUT2D eigenvalue weighted by Gasteiger charge is 1.82. The summed E-state index contributed by atoms with van der Waals surface area (Å²) in [4.78, 5) is 7.36. The van der Waals surface area contributed by atoms with Crippen molar-refractivity contribution < 1.29 is 0 Å². The van der Waals surface area contributed by atoms with Crippen LogP contribution in [0, 0.1) is 0 Å². The van der Waals surface area contributed by atoms with Crippen LogP contribution in [-0.2, 0) is 0 Å². The van der Waals surface area contributed by atoms with Gasteiger partial charge < -0.3 is 0 Å². The van der Waals surface area contributed by atoms with E-state index in [0.717, 1.165) is 5.17 Å². The Bertz CT molecular complexity index is 87.7. The van der Waals surface area contributed by atoms with E-state index < -0.39 is 0 Å². The molecule has 0 bridgehead atoms. The molecule has 0 unspecified atom stereocenters. The first-order valence-electron chi connectivity index (χ1n) is 1.82. The number of nitrogens with zero attached hydrogens (tertiary/aromatic N) is 2. The molecule has 0 aromatic heterocycles. The highest BCUT2D eigenvalue weighted by atomic mass is 32.2. The van der Waals surface area contributed by atoms with Crippen molar-refractivity contribution in [2.24, 2.45) is 9.98 Å². The number of rotatable bonds is 0. The Morgan fingerprint density at radius 3 is 2.29 bits per heavy atom. The van der Waals surface area contributed by atoms with E-state index in [9.17, 15) is 0 Å². The van der Waals surface area contributed by atoms with Gasteiger partial charge in [0.25, 0.3) is 0 Å². The third kappa shape index (κ3) is 2.39. The van der Waals surface area contributed by atoms with Crippen LogP contribution >= 0.6 is 11.8 Å². The maximum atomic E-state index is 3.78. The molecule has 2 nitrogen and oxygen atoms in total. The minimum Gasteiger partial charge on any atom is -0.264 e. The molecule has 0 aliphatic rings. The molecular formula is C4H8N2S. The van der Waals surface area contributed by atoms with Crippen LogP contribution in [0.15, 0.2) is 9.98 Å². The average molecular weight is 116 g/mol. The quantitative estimate of drug-likeness (QED) is 0.343. The molecule has 0 N–H and O–H groups in total. The van der Waals surface area contributed by atoms with Crippen molar-refractivity contribution >= 4 is 23.6 Å². The van der Waals surface area contributed by atoms with Crippen LogP contribution in [0.3, 0.4) is 0 Å². The first kappa shape index (κ1) is 6.69. The largest absolute Gasteiger partial charge is 0.264 e. The average Bonchev–Trinajstić information content (AvgIpc) is 1.72. The molecule has 0 saturated heterocycles. The summed E-state index contributed by atoms with van der Waals surface area (Å²) in [6, 6.07) is 0. The van der Waals surface area contributed by atoms with Gasteiger partial charge in [-0.05, 0) is 13.0 Å². The highest BCUT2D eigenvalue weighted by molar-refractivity contribution is 8.13. The fourth-order valence-electron chi connectivity index (χ4n) is 0.227. The maximum Gasteiger partial charge on any atom is 0.181 e. The second-order valence-corrected chi connectivity index (χ2v) is 1.64. The molecule has 0 heterocycles. The van der Waals surface area contributed by atoms with Gasteiger partial charge >= 0.3 is 0 Å². The molecule has 0 rings (SSSR count). The summed E-state index contributed by atoms with van der Waals surface area (Å²) < 4.78 is 0. The molecule has 0 amide bonds. The lowest BCUT2D eigenvalue weighted by atomic mass is 11.2. The second kappa shape index (κ2) is 3.87. The molecular weight excluding hydrogens is 108 g/mol. The number of thioether (sulfide) groups is 1. The SMILES string of the molecule is C=N/C(=N\C)SC. The van der Waals surface area contributed by atoms with E-state index in [4.69, 9.17) is 0 Å². The molecule has 0 aliphatic heterocycles. The third-order valence-electron chi connectivity index (χ3n) is 0.509. The van der Waals surface area contributed by atoms with Gasteiger partial charge in [-0.25, -0.2) is 4.99 Å². The van der Waals surface area contributed by atoms with Crippen molar-refractivity contribution in [3.63, 3.8) is 0 Å². The van der Waals surface area contributed by atoms with Gasteiger partial charge in [-0.15, -0.1) is 0 Å². The van der Waals surface area contributed by atoms with E-state index >= 15 is 0 Å². The van der Waals surface area contributed by atoms with Crippen LogP contribution in [0.1, 0.15) is 0 Å².